The normalized spacial score (nSPS) is 10.2. The molecular formula is C13H18O3. The maximum absolute atomic E-state index is 10.9. The molecule has 0 bridgehead atoms. The van der Waals surface area contributed by atoms with E-state index < -0.39 is 6.61 Å². The second kappa shape index (κ2) is 5.66. The first kappa shape index (κ1) is 12.7. The third kappa shape index (κ3) is 3.35. The fourth-order valence-corrected chi connectivity index (χ4v) is 1.44. The summed E-state index contributed by atoms with van der Waals surface area (Å²) in [6.07, 6.45) is 0.253. The number of rotatable bonds is 5. The maximum Gasteiger partial charge on any atom is 0.161 e. The van der Waals surface area contributed by atoms with Crippen molar-refractivity contribution in [1.82, 2.24) is 0 Å². The fourth-order valence-electron chi connectivity index (χ4n) is 1.44. The maximum atomic E-state index is 10.9. The lowest BCUT2D eigenvalue weighted by atomic mass is 10.1. The van der Waals surface area contributed by atoms with Gasteiger partial charge in [-0.05, 0) is 43.5 Å². The van der Waals surface area contributed by atoms with E-state index in [1.54, 1.807) is 0 Å². The van der Waals surface area contributed by atoms with Crippen molar-refractivity contribution in [2.75, 3.05) is 13.2 Å². The molecule has 1 aromatic carbocycles. The molecule has 1 N–H and O–H groups in total. The Morgan fingerprint density at radius 1 is 1.19 bits per heavy atom. The lowest BCUT2D eigenvalue weighted by Gasteiger charge is -2.11. The summed E-state index contributed by atoms with van der Waals surface area (Å²) in [7, 11) is 0. The summed E-state index contributed by atoms with van der Waals surface area (Å²) in [6.45, 7) is 5.98. The molecule has 0 atom stereocenters. The predicted molar refractivity (Wildman–Crippen MR) is 62.9 cm³/mol. The van der Waals surface area contributed by atoms with Crippen molar-refractivity contribution in [1.29, 1.82) is 0 Å². The first-order chi connectivity index (χ1) is 7.54. The molecular weight excluding hydrogens is 204 g/mol. The highest BCUT2D eigenvalue weighted by Crippen LogP contribution is 2.22. The first-order valence-corrected chi connectivity index (χ1v) is 5.37. The number of hydrogen-bond acceptors (Lipinski definition) is 3. The second-order valence-corrected chi connectivity index (χ2v) is 4.00. The van der Waals surface area contributed by atoms with Gasteiger partial charge >= 0.3 is 0 Å². The predicted octanol–water partition coefficient (Wildman–Crippen LogP) is 1.94. The van der Waals surface area contributed by atoms with Gasteiger partial charge in [0.1, 0.15) is 12.4 Å². The van der Waals surface area contributed by atoms with E-state index in [-0.39, 0.29) is 12.2 Å². The lowest BCUT2D eigenvalue weighted by molar-refractivity contribution is -0.122. The van der Waals surface area contributed by atoms with Crippen molar-refractivity contribution in [2.45, 2.75) is 27.2 Å². The lowest BCUT2D eigenvalue weighted by Crippen LogP contribution is -2.10. The van der Waals surface area contributed by atoms with E-state index in [0.29, 0.717) is 6.61 Å². The van der Waals surface area contributed by atoms with Crippen molar-refractivity contribution < 1.29 is 14.6 Å². The monoisotopic (exact) mass is 222 g/mol. The number of aliphatic hydroxyl groups excluding tert-OH is 1. The van der Waals surface area contributed by atoms with Crippen LogP contribution in [0.25, 0.3) is 0 Å². The average Bonchev–Trinajstić information content (AvgIpc) is 2.25. The van der Waals surface area contributed by atoms with Crippen molar-refractivity contribution in [3.05, 3.63) is 28.8 Å². The molecule has 1 aromatic rings. The van der Waals surface area contributed by atoms with Crippen LogP contribution in [0.3, 0.4) is 0 Å². The van der Waals surface area contributed by atoms with Crippen LogP contribution in [0, 0.1) is 20.8 Å². The fraction of sp³-hybridized carbons (Fsp3) is 0.462. The van der Waals surface area contributed by atoms with Gasteiger partial charge in [0.2, 0.25) is 0 Å². The van der Waals surface area contributed by atoms with E-state index >= 15 is 0 Å². The van der Waals surface area contributed by atoms with Gasteiger partial charge in [-0.3, -0.25) is 4.79 Å². The molecule has 3 heteroatoms. The van der Waals surface area contributed by atoms with E-state index in [9.17, 15) is 4.79 Å². The zero-order chi connectivity index (χ0) is 12.1. The van der Waals surface area contributed by atoms with Crippen LogP contribution in [0.1, 0.15) is 23.1 Å². The van der Waals surface area contributed by atoms with Crippen LogP contribution in [0.5, 0.6) is 5.75 Å². The van der Waals surface area contributed by atoms with Crippen LogP contribution < -0.4 is 4.74 Å². The highest BCUT2D eigenvalue weighted by Gasteiger charge is 2.04. The quantitative estimate of drug-likeness (QED) is 0.828. The molecule has 0 unspecified atom stereocenters. The van der Waals surface area contributed by atoms with Crippen LogP contribution in [0.15, 0.2) is 12.1 Å². The molecule has 0 aliphatic rings. The summed E-state index contributed by atoms with van der Waals surface area (Å²) < 4.78 is 5.51. The van der Waals surface area contributed by atoms with E-state index in [0.717, 1.165) is 11.3 Å². The van der Waals surface area contributed by atoms with Gasteiger partial charge in [0.05, 0.1) is 6.61 Å². The number of carbonyl (C=O) groups excluding carboxylic acids is 1. The summed E-state index contributed by atoms with van der Waals surface area (Å²) in [4.78, 5) is 10.9. The van der Waals surface area contributed by atoms with Crippen LogP contribution in [0.2, 0.25) is 0 Å². The molecule has 0 heterocycles. The van der Waals surface area contributed by atoms with Crippen LogP contribution >= 0.6 is 0 Å². The SMILES string of the molecule is Cc1cc(C)c(OCCC(=O)CO)cc1C. The number of aliphatic hydroxyl groups is 1. The summed E-state index contributed by atoms with van der Waals surface area (Å²) in [6, 6.07) is 4.05. The van der Waals surface area contributed by atoms with Gasteiger partial charge in [-0.2, -0.15) is 0 Å². The van der Waals surface area contributed by atoms with Gasteiger partial charge in [0.15, 0.2) is 5.78 Å². The molecule has 0 radical (unpaired) electrons. The number of aryl methyl sites for hydroxylation is 3. The number of Topliss-reactive ketones (excluding diaryl/α,β-unsaturated/α-hetero) is 1. The Kier molecular flexibility index (Phi) is 4.50. The van der Waals surface area contributed by atoms with Gasteiger partial charge in [0.25, 0.3) is 0 Å². The zero-order valence-corrected chi connectivity index (χ0v) is 10.0. The molecule has 16 heavy (non-hydrogen) atoms. The van der Waals surface area contributed by atoms with Crippen LogP contribution in [-0.2, 0) is 4.79 Å². The third-order valence-electron chi connectivity index (χ3n) is 2.61. The number of benzene rings is 1. The van der Waals surface area contributed by atoms with Gasteiger partial charge in [0, 0.05) is 6.42 Å². The highest BCUT2D eigenvalue weighted by molar-refractivity contribution is 5.79. The Balaban J connectivity index is 2.60. The number of carbonyl (C=O) groups is 1. The molecule has 0 fully saturated rings. The van der Waals surface area contributed by atoms with E-state index in [1.807, 2.05) is 19.9 Å². The smallest absolute Gasteiger partial charge is 0.161 e. The van der Waals surface area contributed by atoms with Crippen LogP contribution in [-0.4, -0.2) is 24.1 Å². The topological polar surface area (TPSA) is 46.5 Å². The number of ether oxygens (including phenoxy) is 1. The largest absolute Gasteiger partial charge is 0.493 e. The second-order valence-electron chi connectivity index (χ2n) is 4.00. The Morgan fingerprint density at radius 2 is 1.81 bits per heavy atom. The van der Waals surface area contributed by atoms with Crippen molar-refractivity contribution in [3.8, 4) is 5.75 Å². The summed E-state index contributed by atoms with van der Waals surface area (Å²) in [5.74, 6) is 0.621. The molecule has 0 saturated carbocycles. The van der Waals surface area contributed by atoms with E-state index in [2.05, 4.69) is 13.0 Å². The summed E-state index contributed by atoms with van der Waals surface area (Å²) >= 11 is 0. The Bertz CT molecular complexity index is 383. The van der Waals surface area contributed by atoms with Crippen LogP contribution in [0.4, 0.5) is 0 Å². The molecule has 0 amide bonds. The number of ketones is 1. The Morgan fingerprint density at radius 3 is 2.44 bits per heavy atom. The van der Waals surface area contributed by atoms with Crippen molar-refractivity contribution in [3.63, 3.8) is 0 Å². The van der Waals surface area contributed by atoms with Gasteiger partial charge in [-0.1, -0.05) is 6.07 Å². The Hall–Kier alpha value is -1.35. The standard InChI is InChI=1S/C13H18O3/c1-9-6-11(3)13(7-10(9)2)16-5-4-12(15)8-14/h6-7,14H,4-5,8H2,1-3H3. The Labute approximate surface area is 96.1 Å². The minimum Gasteiger partial charge on any atom is -0.493 e. The molecule has 1 rings (SSSR count). The molecule has 0 aromatic heterocycles. The van der Waals surface area contributed by atoms with Crippen molar-refractivity contribution >= 4 is 5.78 Å². The summed E-state index contributed by atoms with van der Waals surface area (Å²) in [5.41, 5.74) is 3.48. The van der Waals surface area contributed by atoms with Crippen molar-refractivity contribution in [2.24, 2.45) is 0 Å². The first-order valence-electron chi connectivity index (χ1n) is 5.37. The highest BCUT2D eigenvalue weighted by atomic mass is 16.5. The molecule has 0 aliphatic heterocycles. The molecule has 88 valence electrons. The van der Waals surface area contributed by atoms with E-state index in [1.165, 1.54) is 11.1 Å². The molecule has 3 nitrogen and oxygen atoms in total. The summed E-state index contributed by atoms with van der Waals surface area (Å²) in [5, 5.41) is 8.56. The number of hydrogen-bond donors (Lipinski definition) is 1. The minimum atomic E-state index is -0.407. The average molecular weight is 222 g/mol. The van der Waals surface area contributed by atoms with E-state index in [4.69, 9.17) is 9.84 Å². The van der Waals surface area contributed by atoms with Gasteiger partial charge in [-0.25, -0.2) is 0 Å². The molecule has 0 aliphatic carbocycles. The minimum absolute atomic E-state index is 0.193. The zero-order valence-electron chi connectivity index (χ0n) is 10.0. The third-order valence-corrected chi connectivity index (χ3v) is 2.61. The molecule has 0 spiro atoms. The van der Waals surface area contributed by atoms with Gasteiger partial charge < -0.3 is 9.84 Å². The van der Waals surface area contributed by atoms with Gasteiger partial charge in [-0.15, -0.1) is 0 Å². The molecule has 0 saturated heterocycles.